The van der Waals surface area contributed by atoms with Crippen LogP contribution in [0, 0.1) is 6.92 Å². The van der Waals surface area contributed by atoms with Crippen molar-refractivity contribution in [2.75, 3.05) is 45.9 Å². The molecule has 2 amide bonds. The van der Waals surface area contributed by atoms with Gasteiger partial charge < -0.3 is 19.9 Å². The predicted octanol–water partition coefficient (Wildman–Crippen LogP) is 0.327. The van der Waals surface area contributed by atoms with Crippen molar-refractivity contribution in [3.8, 4) is 0 Å². The highest BCUT2D eigenvalue weighted by atomic mass is 16.5. The molecule has 0 bridgehead atoms. The van der Waals surface area contributed by atoms with E-state index in [9.17, 15) is 9.59 Å². The minimum atomic E-state index is -0.0902. The Kier molecular flexibility index (Phi) is 4.93. The Hall–Kier alpha value is -1.92. The van der Waals surface area contributed by atoms with E-state index in [0.717, 1.165) is 12.1 Å². The maximum Gasteiger partial charge on any atom is 0.242 e. The average Bonchev–Trinajstić information content (AvgIpc) is 2.57. The van der Waals surface area contributed by atoms with Gasteiger partial charge in [0.05, 0.1) is 26.2 Å². The molecule has 2 aliphatic rings. The molecule has 0 aliphatic carbocycles. The van der Waals surface area contributed by atoms with Gasteiger partial charge in [0, 0.05) is 19.6 Å². The highest BCUT2D eigenvalue weighted by Crippen LogP contribution is 2.25. The summed E-state index contributed by atoms with van der Waals surface area (Å²) in [5.41, 5.74) is 2.30. The molecule has 1 unspecified atom stereocenters. The van der Waals surface area contributed by atoms with E-state index in [2.05, 4.69) is 18.3 Å². The zero-order valence-electron chi connectivity index (χ0n) is 13.5. The molecule has 3 rings (SSSR count). The van der Waals surface area contributed by atoms with Crippen LogP contribution in [0.3, 0.4) is 0 Å². The molecular weight excluding hydrogens is 294 g/mol. The van der Waals surface area contributed by atoms with E-state index in [4.69, 9.17) is 4.74 Å². The van der Waals surface area contributed by atoms with Crippen molar-refractivity contribution in [3.05, 3.63) is 35.4 Å². The van der Waals surface area contributed by atoms with Crippen LogP contribution in [0.1, 0.15) is 17.2 Å². The Morgan fingerprint density at radius 1 is 1.35 bits per heavy atom. The molecule has 0 saturated carbocycles. The van der Waals surface area contributed by atoms with Crippen molar-refractivity contribution < 1.29 is 14.3 Å². The fourth-order valence-electron chi connectivity index (χ4n) is 3.09. The van der Waals surface area contributed by atoms with Gasteiger partial charge in [0.15, 0.2) is 0 Å². The normalized spacial score (nSPS) is 22.3. The van der Waals surface area contributed by atoms with Crippen LogP contribution >= 0.6 is 0 Å². The van der Waals surface area contributed by atoms with E-state index in [-0.39, 0.29) is 24.5 Å². The molecule has 1 aromatic carbocycles. The molecule has 23 heavy (non-hydrogen) atoms. The minimum absolute atomic E-state index is 0.00198. The van der Waals surface area contributed by atoms with Gasteiger partial charge in [-0.25, -0.2) is 0 Å². The second-order valence-corrected chi connectivity index (χ2v) is 6.05. The molecule has 0 spiro atoms. The summed E-state index contributed by atoms with van der Waals surface area (Å²) in [7, 11) is 0. The van der Waals surface area contributed by atoms with Crippen LogP contribution < -0.4 is 5.32 Å². The summed E-state index contributed by atoms with van der Waals surface area (Å²) in [4.78, 5) is 27.8. The van der Waals surface area contributed by atoms with E-state index in [1.54, 1.807) is 4.90 Å². The summed E-state index contributed by atoms with van der Waals surface area (Å²) in [5.74, 6) is -0.00422. The van der Waals surface area contributed by atoms with Crippen LogP contribution in [0.5, 0.6) is 0 Å². The zero-order chi connectivity index (χ0) is 16.2. The van der Waals surface area contributed by atoms with Gasteiger partial charge in [-0.3, -0.25) is 9.59 Å². The van der Waals surface area contributed by atoms with Gasteiger partial charge in [0.25, 0.3) is 0 Å². The van der Waals surface area contributed by atoms with E-state index in [0.29, 0.717) is 32.8 Å². The lowest BCUT2D eigenvalue weighted by atomic mass is 10.0. The Morgan fingerprint density at radius 2 is 2.17 bits per heavy atom. The molecule has 2 aliphatic heterocycles. The molecule has 6 nitrogen and oxygen atoms in total. The van der Waals surface area contributed by atoms with Crippen molar-refractivity contribution in [3.63, 3.8) is 0 Å². The van der Waals surface area contributed by atoms with Gasteiger partial charge >= 0.3 is 0 Å². The predicted molar refractivity (Wildman–Crippen MR) is 85.9 cm³/mol. The average molecular weight is 317 g/mol. The summed E-state index contributed by atoms with van der Waals surface area (Å²) < 4.78 is 5.85. The minimum Gasteiger partial charge on any atom is -0.370 e. The third kappa shape index (κ3) is 3.71. The number of morpholine rings is 1. The number of carbonyl (C=O) groups is 2. The molecule has 2 saturated heterocycles. The zero-order valence-corrected chi connectivity index (χ0v) is 13.5. The number of piperazine rings is 1. The summed E-state index contributed by atoms with van der Waals surface area (Å²) in [6, 6.07) is 8.10. The van der Waals surface area contributed by atoms with Gasteiger partial charge in [-0.15, -0.1) is 0 Å². The summed E-state index contributed by atoms with van der Waals surface area (Å²) in [5, 5.41) is 3.02. The van der Waals surface area contributed by atoms with E-state index in [1.807, 2.05) is 23.1 Å². The Bertz CT molecular complexity index is 590. The fraction of sp³-hybridized carbons (Fsp3) is 0.529. The van der Waals surface area contributed by atoms with Crippen LogP contribution in [0.15, 0.2) is 24.3 Å². The van der Waals surface area contributed by atoms with Gasteiger partial charge in [0.2, 0.25) is 11.8 Å². The quantitative estimate of drug-likeness (QED) is 0.872. The fourth-order valence-corrected chi connectivity index (χ4v) is 3.09. The number of rotatable bonds is 3. The van der Waals surface area contributed by atoms with E-state index in [1.165, 1.54) is 5.56 Å². The third-order valence-corrected chi connectivity index (χ3v) is 4.47. The highest BCUT2D eigenvalue weighted by molar-refractivity contribution is 5.86. The van der Waals surface area contributed by atoms with Gasteiger partial charge in [0.1, 0.15) is 6.10 Å². The van der Waals surface area contributed by atoms with Gasteiger partial charge in [-0.1, -0.05) is 24.3 Å². The SMILES string of the molecule is Cc1ccccc1C1CN(C(=O)CN2CCNCC2=O)CCO1. The van der Waals surface area contributed by atoms with Gasteiger partial charge in [-0.05, 0) is 18.1 Å². The summed E-state index contributed by atoms with van der Waals surface area (Å²) in [6.07, 6.45) is -0.0902. The molecule has 0 radical (unpaired) electrons. The smallest absolute Gasteiger partial charge is 0.242 e. The number of nitrogens with zero attached hydrogens (tertiary/aromatic N) is 2. The van der Waals surface area contributed by atoms with Crippen molar-refractivity contribution in [1.29, 1.82) is 0 Å². The third-order valence-electron chi connectivity index (χ3n) is 4.47. The Labute approximate surface area is 136 Å². The second kappa shape index (κ2) is 7.10. The van der Waals surface area contributed by atoms with Crippen LogP contribution in [0.25, 0.3) is 0 Å². The number of amides is 2. The number of nitrogens with one attached hydrogen (secondary N) is 1. The lowest BCUT2D eigenvalue weighted by Gasteiger charge is -2.35. The van der Waals surface area contributed by atoms with E-state index >= 15 is 0 Å². The van der Waals surface area contributed by atoms with Crippen molar-refractivity contribution in [1.82, 2.24) is 15.1 Å². The molecule has 0 aromatic heterocycles. The maximum absolute atomic E-state index is 12.5. The molecular formula is C17H23N3O3. The topological polar surface area (TPSA) is 61.9 Å². The van der Waals surface area contributed by atoms with Crippen molar-refractivity contribution in [2.45, 2.75) is 13.0 Å². The monoisotopic (exact) mass is 317 g/mol. The highest BCUT2D eigenvalue weighted by Gasteiger charge is 2.28. The van der Waals surface area contributed by atoms with Crippen LogP contribution in [0.2, 0.25) is 0 Å². The van der Waals surface area contributed by atoms with Gasteiger partial charge in [-0.2, -0.15) is 0 Å². The number of aryl methyl sites for hydroxylation is 1. The van der Waals surface area contributed by atoms with Crippen LogP contribution in [0.4, 0.5) is 0 Å². The largest absolute Gasteiger partial charge is 0.370 e. The van der Waals surface area contributed by atoms with Crippen molar-refractivity contribution >= 4 is 11.8 Å². The number of hydrogen-bond acceptors (Lipinski definition) is 4. The first-order valence-electron chi connectivity index (χ1n) is 8.08. The van der Waals surface area contributed by atoms with Crippen molar-refractivity contribution in [2.24, 2.45) is 0 Å². The molecule has 2 heterocycles. The molecule has 1 atom stereocenters. The Balaban J connectivity index is 1.63. The first kappa shape index (κ1) is 16.0. The number of carbonyl (C=O) groups excluding carboxylic acids is 2. The summed E-state index contributed by atoms with van der Waals surface area (Å²) in [6.45, 7) is 5.54. The van der Waals surface area contributed by atoms with Crippen LogP contribution in [-0.4, -0.2) is 67.5 Å². The Morgan fingerprint density at radius 3 is 2.96 bits per heavy atom. The second-order valence-electron chi connectivity index (χ2n) is 6.05. The number of benzene rings is 1. The summed E-state index contributed by atoms with van der Waals surface area (Å²) >= 11 is 0. The first-order valence-corrected chi connectivity index (χ1v) is 8.08. The number of hydrogen-bond donors (Lipinski definition) is 1. The lowest BCUT2D eigenvalue weighted by Crippen LogP contribution is -2.53. The molecule has 1 aromatic rings. The maximum atomic E-state index is 12.5. The van der Waals surface area contributed by atoms with E-state index < -0.39 is 0 Å². The van der Waals surface area contributed by atoms with Crippen LogP contribution in [-0.2, 0) is 14.3 Å². The first-order chi connectivity index (χ1) is 11.1. The molecule has 6 heteroatoms. The molecule has 2 fully saturated rings. The standard InChI is InChI=1S/C17H23N3O3/c1-13-4-2-3-5-14(13)15-11-20(8-9-23-15)17(22)12-19-7-6-18-10-16(19)21/h2-5,15,18H,6-12H2,1H3. The molecule has 1 N–H and O–H groups in total. The molecule has 124 valence electrons. The number of ether oxygens (including phenoxy) is 1. The lowest BCUT2D eigenvalue weighted by molar-refractivity contribution is -0.145.